The maximum atomic E-state index is 4.53. The molecule has 1 fully saturated rings. The summed E-state index contributed by atoms with van der Waals surface area (Å²) < 4.78 is 0. The predicted octanol–water partition coefficient (Wildman–Crippen LogP) is 2.45. The first-order chi connectivity index (χ1) is 8.84. The normalized spacial score (nSPS) is 20.2. The zero-order chi connectivity index (χ0) is 12.4. The number of hydrogen-bond donors (Lipinski definition) is 1. The van der Waals surface area contributed by atoms with E-state index >= 15 is 0 Å². The number of nitrogens with zero attached hydrogens (tertiary/aromatic N) is 2. The Bertz CT molecular complexity index is 538. The first-order valence-corrected chi connectivity index (χ1v) is 6.62. The summed E-state index contributed by atoms with van der Waals surface area (Å²) in [6.45, 7) is 6.56. The van der Waals surface area contributed by atoms with Gasteiger partial charge in [0.2, 0.25) is 0 Å². The van der Waals surface area contributed by atoms with E-state index in [9.17, 15) is 0 Å². The highest BCUT2D eigenvalue weighted by molar-refractivity contribution is 5.85. The van der Waals surface area contributed by atoms with Gasteiger partial charge in [0.1, 0.15) is 0 Å². The van der Waals surface area contributed by atoms with Crippen molar-refractivity contribution in [3.05, 3.63) is 42.1 Å². The van der Waals surface area contributed by atoms with Crippen LogP contribution in [0.5, 0.6) is 0 Å². The summed E-state index contributed by atoms with van der Waals surface area (Å²) in [5.74, 6) is 0. The standard InChI is InChI=1S/C15H19N3.ClH/c1-12-10-16-8-9-18(12)11-14-5-2-4-13-6-3-7-17-15(13)14;/h2-7,12,16H,8-11H2,1H3;1H/t12-;/m0./s1. The molecule has 2 heterocycles. The molecular weight excluding hydrogens is 258 g/mol. The van der Waals surface area contributed by atoms with E-state index in [4.69, 9.17) is 0 Å². The number of aromatic nitrogens is 1. The average molecular weight is 278 g/mol. The Morgan fingerprint density at radius 2 is 2.16 bits per heavy atom. The largest absolute Gasteiger partial charge is 0.314 e. The van der Waals surface area contributed by atoms with Gasteiger partial charge in [-0.1, -0.05) is 24.3 Å². The van der Waals surface area contributed by atoms with Gasteiger partial charge in [-0.05, 0) is 18.6 Å². The Balaban J connectivity index is 0.00000133. The quantitative estimate of drug-likeness (QED) is 0.914. The Morgan fingerprint density at radius 3 is 3.00 bits per heavy atom. The van der Waals surface area contributed by atoms with E-state index in [0.29, 0.717) is 6.04 Å². The highest BCUT2D eigenvalue weighted by Gasteiger charge is 2.18. The van der Waals surface area contributed by atoms with Gasteiger partial charge < -0.3 is 5.32 Å². The average Bonchev–Trinajstić information content (AvgIpc) is 2.42. The Kier molecular flexibility index (Phi) is 4.75. The van der Waals surface area contributed by atoms with Crippen LogP contribution in [0.15, 0.2) is 36.5 Å². The number of pyridine rings is 1. The summed E-state index contributed by atoms with van der Waals surface area (Å²) in [5.41, 5.74) is 2.48. The molecule has 1 atom stereocenters. The fraction of sp³-hybridized carbons (Fsp3) is 0.400. The van der Waals surface area contributed by atoms with Gasteiger partial charge in [-0.15, -0.1) is 12.4 Å². The van der Waals surface area contributed by atoms with Gasteiger partial charge in [0.05, 0.1) is 5.52 Å². The molecule has 1 aliphatic heterocycles. The summed E-state index contributed by atoms with van der Waals surface area (Å²) in [7, 11) is 0. The van der Waals surface area contributed by atoms with Crippen LogP contribution in [0.4, 0.5) is 0 Å². The molecule has 1 saturated heterocycles. The second kappa shape index (κ2) is 6.33. The van der Waals surface area contributed by atoms with Gasteiger partial charge in [0.25, 0.3) is 0 Å². The molecule has 0 saturated carbocycles. The molecule has 0 radical (unpaired) electrons. The lowest BCUT2D eigenvalue weighted by atomic mass is 10.1. The van der Waals surface area contributed by atoms with Crippen molar-refractivity contribution in [3.63, 3.8) is 0 Å². The van der Waals surface area contributed by atoms with Gasteiger partial charge in [0, 0.05) is 43.8 Å². The first kappa shape index (κ1) is 14.3. The SMILES string of the molecule is C[C@H]1CNCCN1Cc1cccc2cccnc12.Cl. The molecule has 1 aromatic heterocycles. The second-order valence-corrected chi connectivity index (χ2v) is 5.02. The van der Waals surface area contributed by atoms with Crippen molar-refractivity contribution < 1.29 is 0 Å². The zero-order valence-corrected chi connectivity index (χ0v) is 12.0. The molecule has 0 aliphatic carbocycles. The number of hydrogen-bond acceptors (Lipinski definition) is 3. The van der Waals surface area contributed by atoms with Crippen LogP contribution in [0.3, 0.4) is 0 Å². The van der Waals surface area contributed by atoms with Crippen molar-refractivity contribution in [3.8, 4) is 0 Å². The lowest BCUT2D eigenvalue weighted by Gasteiger charge is -2.34. The van der Waals surface area contributed by atoms with Crippen molar-refractivity contribution in [2.24, 2.45) is 0 Å². The van der Waals surface area contributed by atoms with Gasteiger partial charge >= 0.3 is 0 Å². The van der Waals surface area contributed by atoms with Crippen LogP contribution in [-0.2, 0) is 6.54 Å². The van der Waals surface area contributed by atoms with E-state index in [1.54, 1.807) is 0 Å². The summed E-state index contributed by atoms with van der Waals surface area (Å²) >= 11 is 0. The van der Waals surface area contributed by atoms with Crippen LogP contribution in [0.2, 0.25) is 0 Å². The number of halogens is 1. The fourth-order valence-electron chi connectivity index (χ4n) is 2.63. The predicted molar refractivity (Wildman–Crippen MR) is 81.7 cm³/mol. The number of para-hydroxylation sites is 1. The maximum absolute atomic E-state index is 4.53. The highest BCUT2D eigenvalue weighted by Crippen LogP contribution is 2.19. The Labute approximate surface area is 120 Å². The molecule has 0 unspecified atom stereocenters. The van der Waals surface area contributed by atoms with E-state index in [-0.39, 0.29) is 12.4 Å². The van der Waals surface area contributed by atoms with E-state index in [1.807, 2.05) is 12.3 Å². The van der Waals surface area contributed by atoms with Crippen molar-refractivity contribution in [2.75, 3.05) is 19.6 Å². The van der Waals surface area contributed by atoms with E-state index < -0.39 is 0 Å². The smallest absolute Gasteiger partial charge is 0.0746 e. The van der Waals surface area contributed by atoms with E-state index in [1.165, 1.54) is 10.9 Å². The third-order valence-corrected chi connectivity index (χ3v) is 3.73. The van der Waals surface area contributed by atoms with Crippen molar-refractivity contribution >= 4 is 23.3 Å². The monoisotopic (exact) mass is 277 g/mol. The van der Waals surface area contributed by atoms with Crippen LogP contribution in [0.1, 0.15) is 12.5 Å². The molecule has 19 heavy (non-hydrogen) atoms. The molecule has 0 bridgehead atoms. The minimum Gasteiger partial charge on any atom is -0.314 e. The molecule has 1 aromatic carbocycles. The topological polar surface area (TPSA) is 28.2 Å². The van der Waals surface area contributed by atoms with Gasteiger partial charge in [-0.3, -0.25) is 9.88 Å². The molecule has 1 aliphatic rings. The molecule has 1 N–H and O–H groups in total. The summed E-state index contributed by atoms with van der Waals surface area (Å²) in [6.07, 6.45) is 1.88. The number of fused-ring (bicyclic) bond motifs is 1. The first-order valence-electron chi connectivity index (χ1n) is 6.62. The van der Waals surface area contributed by atoms with Crippen LogP contribution in [0, 0.1) is 0 Å². The van der Waals surface area contributed by atoms with Crippen molar-refractivity contribution in [1.82, 2.24) is 15.2 Å². The highest BCUT2D eigenvalue weighted by atomic mass is 35.5. The van der Waals surface area contributed by atoms with Crippen molar-refractivity contribution in [1.29, 1.82) is 0 Å². The third kappa shape index (κ3) is 3.06. The molecule has 102 valence electrons. The number of piperazine rings is 1. The third-order valence-electron chi connectivity index (χ3n) is 3.73. The lowest BCUT2D eigenvalue weighted by Crippen LogP contribution is -2.49. The Hall–Kier alpha value is -1.16. The summed E-state index contributed by atoms with van der Waals surface area (Å²) in [4.78, 5) is 7.06. The number of nitrogens with one attached hydrogen (secondary N) is 1. The molecular formula is C15H20ClN3. The summed E-state index contributed by atoms with van der Waals surface area (Å²) in [5, 5.41) is 4.66. The van der Waals surface area contributed by atoms with Gasteiger partial charge in [0.15, 0.2) is 0 Å². The van der Waals surface area contributed by atoms with Crippen LogP contribution in [0.25, 0.3) is 10.9 Å². The van der Waals surface area contributed by atoms with E-state index in [0.717, 1.165) is 31.7 Å². The lowest BCUT2D eigenvalue weighted by molar-refractivity contribution is 0.166. The van der Waals surface area contributed by atoms with Crippen molar-refractivity contribution in [2.45, 2.75) is 19.5 Å². The number of benzene rings is 1. The second-order valence-electron chi connectivity index (χ2n) is 5.02. The Morgan fingerprint density at radius 1 is 1.32 bits per heavy atom. The molecule has 3 rings (SSSR count). The molecule has 4 heteroatoms. The van der Waals surface area contributed by atoms with Crippen LogP contribution in [-0.4, -0.2) is 35.6 Å². The number of rotatable bonds is 2. The minimum absolute atomic E-state index is 0. The van der Waals surface area contributed by atoms with E-state index in [2.05, 4.69) is 46.4 Å². The zero-order valence-electron chi connectivity index (χ0n) is 11.2. The summed E-state index contributed by atoms with van der Waals surface area (Å²) in [6, 6.07) is 11.2. The fourth-order valence-corrected chi connectivity index (χ4v) is 2.63. The maximum Gasteiger partial charge on any atom is 0.0746 e. The molecule has 3 nitrogen and oxygen atoms in total. The molecule has 0 spiro atoms. The van der Waals surface area contributed by atoms with Crippen LogP contribution >= 0.6 is 12.4 Å². The van der Waals surface area contributed by atoms with Crippen LogP contribution < -0.4 is 5.32 Å². The van der Waals surface area contributed by atoms with Gasteiger partial charge in [-0.2, -0.15) is 0 Å². The molecule has 2 aromatic rings. The minimum atomic E-state index is 0. The van der Waals surface area contributed by atoms with Gasteiger partial charge in [-0.25, -0.2) is 0 Å². The molecule has 0 amide bonds.